The molecule has 2 aromatic carbocycles. The molecule has 2 rings (SSSR count). The van der Waals surface area contributed by atoms with E-state index in [0.29, 0.717) is 16.7 Å². The fourth-order valence-corrected chi connectivity index (χ4v) is 2.96. The van der Waals surface area contributed by atoms with E-state index in [4.69, 9.17) is 58.0 Å². The highest BCUT2D eigenvalue weighted by Crippen LogP contribution is 2.48. The Morgan fingerprint density at radius 2 is 1.26 bits per heavy atom. The molecular weight excluding hydrogens is 352 g/mol. The lowest BCUT2D eigenvalue weighted by molar-refractivity contribution is 0.619. The van der Waals surface area contributed by atoms with E-state index in [1.165, 1.54) is 6.07 Å². The average Bonchev–Trinajstić information content (AvgIpc) is 2.38. The average molecular weight is 358 g/mol. The molecule has 0 spiro atoms. The van der Waals surface area contributed by atoms with E-state index >= 15 is 0 Å². The number of rotatable bonds is 1. The Morgan fingerprint density at radius 1 is 0.789 bits per heavy atom. The molecule has 2 aromatic rings. The lowest BCUT2D eigenvalue weighted by atomic mass is 10.0. The zero-order valence-electron chi connectivity index (χ0n) is 9.50. The molecule has 0 fully saturated rings. The van der Waals surface area contributed by atoms with Gasteiger partial charge in [-0.05, 0) is 24.1 Å². The van der Waals surface area contributed by atoms with Gasteiger partial charge >= 0.3 is 0 Å². The third-order valence-electron chi connectivity index (χ3n) is 2.67. The topological polar surface area (TPSA) is 0 Å². The first-order valence-electron chi connectivity index (χ1n) is 5.12. The fraction of sp³-hybridized carbons (Fsp3) is 0.0769. The van der Waals surface area contributed by atoms with Crippen molar-refractivity contribution in [2.24, 2.45) is 0 Å². The SMILES string of the molecule is Cc1ccc(-c2c(Cl)c(Cl)c(Cl)c(Cl)c2Cl)cc1F. The van der Waals surface area contributed by atoms with Gasteiger partial charge in [0.15, 0.2) is 0 Å². The first-order chi connectivity index (χ1) is 8.84. The molecule has 0 amide bonds. The van der Waals surface area contributed by atoms with Crippen molar-refractivity contribution < 1.29 is 4.39 Å². The molecule has 0 saturated heterocycles. The van der Waals surface area contributed by atoms with Gasteiger partial charge in [0.2, 0.25) is 0 Å². The van der Waals surface area contributed by atoms with Crippen molar-refractivity contribution in [1.82, 2.24) is 0 Å². The van der Waals surface area contributed by atoms with Crippen molar-refractivity contribution in [2.75, 3.05) is 0 Å². The minimum Gasteiger partial charge on any atom is -0.207 e. The summed E-state index contributed by atoms with van der Waals surface area (Å²) < 4.78 is 13.6. The third kappa shape index (κ3) is 2.68. The number of hydrogen-bond donors (Lipinski definition) is 0. The van der Waals surface area contributed by atoms with Crippen molar-refractivity contribution in [3.8, 4) is 11.1 Å². The van der Waals surface area contributed by atoms with Crippen LogP contribution < -0.4 is 0 Å². The highest BCUT2D eigenvalue weighted by molar-refractivity contribution is 6.56. The highest BCUT2D eigenvalue weighted by Gasteiger charge is 2.20. The molecule has 0 saturated carbocycles. The summed E-state index contributed by atoms with van der Waals surface area (Å²) in [6, 6.07) is 4.63. The molecule has 0 aliphatic heterocycles. The summed E-state index contributed by atoms with van der Waals surface area (Å²) in [5.74, 6) is -0.369. The molecule has 0 nitrogen and oxygen atoms in total. The maximum absolute atomic E-state index is 13.6. The van der Waals surface area contributed by atoms with Crippen LogP contribution in [0.5, 0.6) is 0 Å². The van der Waals surface area contributed by atoms with Crippen LogP contribution in [0.15, 0.2) is 18.2 Å². The van der Waals surface area contributed by atoms with E-state index in [1.54, 1.807) is 19.1 Å². The largest absolute Gasteiger partial charge is 0.207 e. The maximum Gasteiger partial charge on any atom is 0.126 e. The minimum atomic E-state index is -0.369. The van der Waals surface area contributed by atoms with Gasteiger partial charge in [0, 0.05) is 5.56 Å². The molecule has 0 aliphatic carbocycles. The predicted octanol–water partition coefficient (Wildman–Crippen LogP) is 7.07. The Morgan fingerprint density at radius 3 is 1.74 bits per heavy atom. The molecule has 6 heteroatoms. The van der Waals surface area contributed by atoms with E-state index in [-0.39, 0.29) is 30.9 Å². The van der Waals surface area contributed by atoms with Crippen molar-refractivity contribution in [2.45, 2.75) is 6.92 Å². The van der Waals surface area contributed by atoms with E-state index in [0.717, 1.165) is 0 Å². The van der Waals surface area contributed by atoms with Gasteiger partial charge in [-0.25, -0.2) is 4.39 Å². The summed E-state index contributed by atoms with van der Waals surface area (Å²) >= 11 is 30.1. The lowest BCUT2D eigenvalue weighted by Gasteiger charge is -2.13. The molecule has 19 heavy (non-hydrogen) atoms. The minimum absolute atomic E-state index is 0.0784. The normalized spacial score (nSPS) is 10.9. The van der Waals surface area contributed by atoms with E-state index in [2.05, 4.69) is 0 Å². The highest BCUT2D eigenvalue weighted by atomic mass is 35.5. The maximum atomic E-state index is 13.6. The lowest BCUT2D eigenvalue weighted by Crippen LogP contribution is -1.89. The van der Waals surface area contributed by atoms with E-state index in [9.17, 15) is 4.39 Å². The van der Waals surface area contributed by atoms with Crippen LogP contribution in [0, 0.1) is 12.7 Å². The first kappa shape index (κ1) is 15.2. The second-order valence-electron chi connectivity index (χ2n) is 3.91. The van der Waals surface area contributed by atoms with Crippen LogP contribution >= 0.6 is 58.0 Å². The molecule has 0 heterocycles. The summed E-state index contributed by atoms with van der Waals surface area (Å²) in [4.78, 5) is 0. The van der Waals surface area contributed by atoms with Crippen LogP contribution in [0.25, 0.3) is 11.1 Å². The van der Waals surface area contributed by atoms with Crippen LogP contribution in [0.2, 0.25) is 25.1 Å². The molecule has 0 radical (unpaired) electrons. The fourth-order valence-electron chi connectivity index (χ4n) is 1.61. The summed E-state index contributed by atoms with van der Waals surface area (Å²) in [6.07, 6.45) is 0. The Labute approximate surface area is 135 Å². The predicted molar refractivity (Wildman–Crippen MR) is 81.6 cm³/mol. The van der Waals surface area contributed by atoms with Gasteiger partial charge < -0.3 is 0 Å². The Balaban J connectivity index is 2.79. The second kappa shape index (κ2) is 5.67. The van der Waals surface area contributed by atoms with Crippen molar-refractivity contribution in [3.05, 3.63) is 54.7 Å². The zero-order chi connectivity index (χ0) is 14.3. The van der Waals surface area contributed by atoms with Crippen molar-refractivity contribution in [1.29, 1.82) is 0 Å². The van der Waals surface area contributed by atoms with Gasteiger partial charge in [-0.15, -0.1) is 0 Å². The summed E-state index contributed by atoms with van der Waals surface area (Å²) in [5, 5.41) is 0.547. The molecular formula is C13H6Cl5F. The molecule has 0 aromatic heterocycles. The molecule has 0 bridgehead atoms. The monoisotopic (exact) mass is 356 g/mol. The molecule has 0 aliphatic rings. The Kier molecular flexibility index (Phi) is 4.54. The van der Waals surface area contributed by atoms with Gasteiger partial charge in [-0.1, -0.05) is 70.1 Å². The number of halogens is 6. The first-order valence-corrected chi connectivity index (χ1v) is 7.01. The van der Waals surface area contributed by atoms with Gasteiger partial charge in [0.25, 0.3) is 0 Å². The van der Waals surface area contributed by atoms with Gasteiger partial charge in [0.05, 0.1) is 25.1 Å². The van der Waals surface area contributed by atoms with Gasteiger partial charge in [-0.3, -0.25) is 0 Å². The van der Waals surface area contributed by atoms with E-state index < -0.39 is 0 Å². The number of hydrogen-bond acceptors (Lipinski definition) is 0. The molecule has 0 atom stereocenters. The van der Waals surface area contributed by atoms with Crippen LogP contribution in [-0.4, -0.2) is 0 Å². The number of aryl methyl sites for hydroxylation is 1. The second-order valence-corrected chi connectivity index (χ2v) is 5.80. The summed E-state index contributed by atoms with van der Waals surface area (Å²) in [5.41, 5.74) is 1.36. The van der Waals surface area contributed by atoms with Crippen molar-refractivity contribution in [3.63, 3.8) is 0 Å². The van der Waals surface area contributed by atoms with Gasteiger partial charge in [0.1, 0.15) is 5.82 Å². The summed E-state index contributed by atoms with van der Waals surface area (Å²) in [7, 11) is 0. The molecule has 100 valence electrons. The zero-order valence-corrected chi connectivity index (χ0v) is 13.3. The van der Waals surface area contributed by atoms with E-state index in [1.807, 2.05) is 0 Å². The molecule has 0 N–H and O–H groups in total. The summed E-state index contributed by atoms with van der Waals surface area (Å²) in [6.45, 7) is 1.66. The quantitative estimate of drug-likeness (QED) is 0.378. The molecule has 0 unspecified atom stereocenters. The van der Waals surface area contributed by atoms with Crippen LogP contribution in [-0.2, 0) is 0 Å². The van der Waals surface area contributed by atoms with Crippen LogP contribution in [0.1, 0.15) is 5.56 Å². The third-order valence-corrected chi connectivity index (χ3v) is 4.95. The Hall–Kier alpha value is -0.180. The standard InChI is InChI=1S/C13H6Cl5F/c1-5-2-3-6(4-7(5)19)8-9(14)11(16)13(18)12(17)10(8)15/h2-4H,1H3. The van der Waals surface area contributed by atoms with Crippen molar-refractivity contribution >= 4 is 58.0 Å². The van der Waals surface area contributed by atoms with Crippen LogP contribution in [0.3, 0.4) is 0 Å². The smallest absolute Gasteiger partial charge is 0.126 e. The van der Waals surface area contributed by atoms with Crippen LogP contribution in [0.4, 0.5) is 4.39 Å². The number of benzene rings is 2. The Bertz CT molecular complexity index is 638. The van der Waals surface area contributed by atoms with Gasteiger partial charge in [-0.2, -0.15) is 0 Å².